The lowest BCUT2D eigenvalue weighted by Gasteiger charge is -2.58. The molecule has 0 bridgehead atoms. The van der Waals surface area contributed by atoms with Gasteiger partial charge >= 0.3 is 0 Å². The van der Waals surface area contributed by atoms with Crippen LogP contribution in [0.4, 0.5) is 0 Å². The predicted molar refractivity (Wildman–Crippen MR) is 278 cm³/mol. The molecule has 378 valence electrons. The van der Waals surface area contributed by atoms with Crippen molar-refractivity contribution >= 4 is 0 Å². The summed E-state index contributed by atoms with van der Waals surface area (Å²) in [5.74, 6) is 6.19. The third-order valence-electron chi connectivity index (χ3n) is 18.1. The first-order chi connectivity index (χ1) is 31.6. The molecule has 0 N–H and O–H groups in total. The van der Waals surface area contributed by atoms with E-state index >= 15 is 0 Å². The van der Waals surface area contributed by atoms with Crippen LogP contribution in [0.2, 0.25) is 0 Å². The molecule has 0 aromatic heterocycles. The van der Waals surface area contributed by atoms with Crippen LogP contribution in [-0.4, -0.2) is 76.4 Å². The Bertz CT molecular complexity index is 1300. The molecule has 0 radical (unpaired) electrons. The first kappa shape index (κ1) is 55.2. The summed E-state index contributed by atoms with van der Waals surface area (Å²) in [7, 11) is 0. The molecule has 0 spiro atoms. The molecular formula is C60H109NO4. The summed E-state index contributed by atoms with van der Waals surface area (Å²) < 4.78 is 25.4. The number of hydrogen-bond acceptors (Lipinski definition) is 5. The summed E-state index contributed by atoms with van der Waals surface area (Å²) in [6.45, 7) is 25.5. The van der Waals surface area contributed by atoms with Gasteiger partial charge in [0.25, 0.3) is 0 Å². The van der Waals surface area contributed by atoms with Crippen molar-refractivity contribution in [3.05, 3.63) is 23.8 Å². The average Bonchev–Trinajstić information content (AvgIpc) is 3.65. The van der Waals surface area contributed by atoms with Crippen molar-refractivity contribution in [3.8, 4) is 0 Å². The molecular weight excluding hydrogens is 799 g/mol. The fourth-order valence-corrected chi connectivity index (χ4v) is 14.3. The Morgan fingerprint density at radius 1 is 0.708 bits per heavy atom. The van der Waals surface area contributed by atoms with Gasteiger partial charge in [0, 0.05) is 46.1 Å². The highest BCUT2D eigenvalue weighted by atomic mass is 16.5. The van der Waals surface area contributed by atoms with Crippen LogP contribution in [-0.2, 0) is 18.9 Å². The molecule has 3 saturated carbocycles. The summed E-state index contributed by atoms with van der Waals surface area (Å²) in [5.41, 5.74) is 2.72. The van der Waals surface area contributed by atoms with Crippen LogP contribution >= 0.6 is 0 Å². The van der Waals surface area contributed by atoms with Gasteiger partial charge in [-0.05, 0) is 168 Å². The normalized spacial score (nSPS) is 30.4. The number of allylic oxidation sites excluding steroid dienone is 3. The van der Waals surface area contributed by atoms with Crippen molar-refractivity contribution in [2.45, 2.75) is 247 Å². The summed E-state index contributed by atoms with van der Waals surface area (Å²) >= 11 is 0. The van der Waals surface area contributed by atoms with Crippen molar-refractivity contribution in [2.75, 3.05) is 59.3 Å². The van der Waals surface area contributed by atoms with Gasteiger partial charge in [0.1, 0.15) is 0 Å². The molecule has 4 fully saturated rings. The van der Waals surface area contributed by atoms with Gasteiger partial charge in [-0.1, -0.05) is 149 Å². The van der Waals surface area contributed by atoms with Crippen molar-refractivity contribution in [2.24, 2.45) is 52.3 Å². The van der Waals surface area contributed by atoms with Gasteiger partial charge in [-0.2, -0.15) is 0 Å². The number of unbranched alkanes of at least 4 members (excludes halogenated alkanes) is 12. The first-order valence-corrected chi connectivity index (χ1v) is 29.1. The van der Waals surface area contributed by atoms with Crippen LogP contribution in [0, 0.1) is 52.3 Å². The summed E-state index contributed by atoms with van der Waals surface area (Å²) in [5, 5.41) is 0. The van der Waals surface area contributed by atoms with Gasteiger partial charge in [-0.15, -0.1) is 0 Å². The van der Waals surface area contributed by atoms with E-state index in [9.17, 15) is 0 Å². The lowest BCUT2D eigenvalue weighted by atomic mass is 9.47. The second-order valence-corrected chi connectivity index (χ2v) is 23.9. The molecule has 1 heterocycles. The molecule has 65 heavy (non-hydrogen) atoms. The van der Waals surface area contributed by atoms with Crippen molar-refractivity contribution in [1.29, 1.82) is 0 Å². The largest absolute Gasteiger partial charge is 0.381 e. The zero-order chi connectivity index (χ0) is 46.2. The molecule has 4 aliphatic carbocycles. The maximum absolute atomic E-state index is 6.57. The van der Waals surface area contributed by atoms with Crippen molar-refractivity contribution in [1.82, 2.24) is 4.90 Å². The quantitative estimate of drug-likeness (QED) is 0.0468. The molecule has 1 saturated heterocycles. The molecule has 0 aromatic rings. The Kier molecular flexibility index (Phi) is 26.2. The third kappa shape index (κ3) is 18.5. The number of fused-ring (bicyclic) bond motifs is 5. The zero-order valence-electron chi connectivity index (χ0n) is 44.4. The molecule has 0 aromatic carbocycles. The molecule has 2 unspecified atom stereocenters. The van der Waals surface area contributed by atoms with E-state index in [1.165, 1.54) is 180 Å². The standard InChI is InChI=1S/C60H109NO4/c1-8-9-10-11-12-13-14-15-16-17-18-19-20-21-22-23-40-63-48-54(47-61-39-25-29-50(4)46-61)65-44-27-42-62-41-26-43-64-53-35-37-59(6)52(45-53)31-32-55-57-34-33-56(51(5)30-24-28-49(2)3)60(57,7)38-36-58(55)59/h15-16,31,49-51,53-58H,8-14,17-30,32-48H2,1-7H3/b16-15-/t50?,51-,53+,54?,55+,56-,57+,58+,59+,60-/m1/s1. The highest BCUT2D eigenvalue weighted by Crippen LogP contribution is 2.67. The lowest BCUT2D eigenvalue weighted by molar-refractivity contribution is -0.0651. The summed E-state index contributed by atoms with van der Waals surface area (Å²) in [4.78, 5) is 2.61. The second-order valence-electron chi connectivity index (χ2n) is 23.9. The van der Waals surface area contributed by atoms with Gasteiger partial charge in [-0.3, -0.25) is 0 Å². The number of nitrogens with zero attached hydrogens (tertiary/aromatic N) is 1. The SMILES string of the molecule is CCCCCCCC/C=C\CCCCCCCCOCC(CN1CCCC(C)C1)OCCCOCCCO[C@H]1CC[C@@]2(C)C(=CC[C@H]3[C@@H]4CC[C@H]([C@H](C)CCCC(C)C)[C@@]4(C)CC[C@@H]32)C1. The number of hydrogen-bond donors (Lipinski definition) is 0. The van der Waals surface area contributed by atoms with Crippen LogP contribution in [0.3, 0.4) is 0 Å². The van der Waals surface area contributed by atoms with Crippen LogP contribution in [0.15, 0.2) is 23.8 Å². The molecule has 5 nitrogen and oxygen atoms in total. The molecule has 10 atom stereocenters. The third-order valence-corrected chi connectivity index (χ3v) is 18.1. The van der Waals surface area contributed by atoms with Gasteiger partial charge in [0.15, 0.2) is 0 Å². The van der Waals surface area contributed by atoms with E-state index in [1.807, 2.05) is 0 Å². The molecule has 5 aliphatic rings. The fraction of sp³-hybridized carbons (Fsp3) is 0.933. The number of likely N-dealkylation sites (tertiary alicyclic amines) is 1. The van der Waals surface area contributed by atoms with Gasteiger partial charge < -0.3 is 23.8 Å². The second kappa shape index (κ2) is 30.8. The highest BCUT2D eigenvalue weighted by Gasteiger charge is 2.59. The number of piperidine rings is 1. The van der Waals surface area contributed by atoms with Crippen LogP contribution < -0.4 is 0 Å². The topological polar surface area (TPSA) is 40.2 Å². The Balaban J connectivity index is 0.890. The Morgan fingerprint density at radius 2 is 1.42 bits per heavy atom. The fourth-order valence-electron chi connectivity index (χ4n) is 14.3. The van der Waals surface area contributed by atoms with Crippen molar-refractivity contribution in [3.63, 3.8) is 0 Å². The zero-order valence-corrected chi connectivity index (χ0v) is 44.4. The maximum Gasteiger partial charge on any atom is 0.0934 e. The molecule has 1 aliphatic heterocycles. The summed E-state index contributed by atoms with van der Waals surface area (Å²) in [6.07, 6.45) is 46.7. The highest BCUT2D eigenvalue weighted by molar-refractivity contribution is 5.25. The molecule has 0 amide bonds. The predicted octanol–water partition coefficient (Wildman–Crippen LogP) is 16.4. The van der Waals surface area contributed by atoms with Crippen LogP contribution in [0.25, 0.3) is 0 Å². The molecule has 5 heteroatoms. The van der Waals surface area contributed by atoms with Crippen LogP contribution in [0.1, 0.15) is 235 Å². The Labute approximate surface area is 404 Å². The first-order valence-electron chi connectivity index (χ1n) is 29.1. The lowest BCUT2D eigenvalue weighted by Crippen LogP contribution is -2.51. The Morgan fingerprint density at radius 3 is 2.15 bits per heavy atom. The number of rotatable bonds is 35. The number of ether oxygens (including phenoxy) is 4. The average molecular weight is 909 g/mol. The minimum Gasteiger partial charge on any atom is -0.381 e. The van der Waals surface area contributed by atoms with Gasteiger partial charge in [0.05, 0.1) is 18.8 Å². The minimum absolute atomic E-state index is 0.150. The maximum atomic E-state index is 6.57. The summed E-state index contributed by atoms with van der Waals surface area (Å²) in [6, 6.07) is 0. The van der Waals surface area contributed by atoms with Crippen LogP contribution in [0.5, 0.6) is 0 Å². The van der Waals surface area contributed by atoms with E-state index in [-0.39, 0.29) is 6.10 Å². The van der Waals surface area contributed by atoms with E-state index in [0.29, 0.717) is 23.5 Å². The minimum atomic E-state index is 0.150. The van der Waals surface area contributed by atoms with E-state index in [1.54, 1.807) is 5.57 Å². The van der Waals surface area contributed by atoms with E-state index in [2.05, 4.69) is 71.6 Å². The van der Waals surface area contributed by atoms with E-state index in [4.69, 9.17) is 18.9 Å². The van der Waals surface area contributed by atoms with Gasteiger partial charge in [-0.25, -0.2) is 0 Å². The van der Waals surface area contributed by atoms with E-state index in [0.717, 1.165) is 100 Å². The smallest absolute Gasteiger partial charge is 0.0934 e. The Hall–Kier alpha value is -0.720. The molecule has 5 rings (SSSR count). The van der Waals surface area contributed by atoms with Crippen molar-refractivity contribution < 1.29 is 18.9 Å². The van der Waals surface area contributed by atoms with E-state index < -0.39 is 0 Å². The monoisotopic (exact) mass is 908 g/mol. The van der Waals surface area contributed by atoms with Gasteiger partial charge in [0.2, 0.25) is 0 Å².